The fraction of sp³-hybridized carbons (Fsp3) is 0.100. The Morgan fingerprint density at radius 1 is 1.17 bits per heavy atom. The number of ether oxygens (including phenoxy) is 1. The van der Waals surface area contributed by atoms with E-state index in [1.54, 1.807) is 37.3 Å². The first kappa shape index (κ1) is 20.1. The lowest BCUT2D eigenvalue weighted by Gasteiger charge is -2.27. The molecule has 4 amide bonds. The number of carboxylic acid groups (broad SMARTS) is 1. The number of hydrogen-bond acceptors (Lipinski definition) is 5. The number of carbonyl (C=O) groups is 4. The third-order valence-electron chi connectivity index (χ3n) is 4.15. The fourth-order valence-corrected chi connectivity index (χ4v) is 2.91. The number of benzene rings is 2. The van der Waals surface area contributed by atoms with E-state index >= 15 is 0 Å². The van der Waals surface area contributed by atoms with E-state index in [4.69, 9.17) is 21.4 Å². The molecule has 0 aliphatic carbocycles. The molecule has 1 fully saturated rings. The van der Waals surface area contributed by atoms with E-state index < -0.39 is 30.4 Å². The van der Waals surface area contributed by atoms with Crippen LogP contribution < -0.4 is 15.0 Å². The number of nitrogens with one attached hydrogen (secondary N) is 1. The third-order valence-corrected chi connectivity index (χ3v) is 4.56. The van der Waals surface area contributed by atoms with Crippen LogP contribution in [0.25, 0.3) is 6.08 Å². The Hall–Kier alpha value is -3.65. The molecule has 2 aromatic rings. The smallest absolute Gasteiger partial charge is 0.341 e. The average molecular weight is 415 g/mol. The zero-order valence-corrected chi connectivity index (χ0v) is 15.9. The van der Waals surface area contributed by atoms with Gasteiger partial charge in [-0.1, -0.05) is 35.9 Å². The van der Waals surface area contributed by atoms with E-state index in [9.17, 15) is 19.2 Å². The maximum absolute atomic E-state index is 13.0. The highest BCUT2D eigenvalue weighted by Gasteiger charge is 2.37. The summed E-state index contributed by atoms with van der Waals surface area (Å²) in [7, 11) is 0. The molecule has 1 saturated heterocycles. The fourth-order valence-electron chi connectivity index (χ4n) is 2.74. The first-order chi connectivity index (χ1) is 13.8. The minimum atomic E-state index is -1.17. The molecule has 9 heteroatoms. The van der Waals surface area contributed by atoms with E-state index in [0.29, 0.717) is 16.1 Å². The van der Waals surface area contributed by atoms with Crippen molar-refractivity contribution in [3.05, 3.63) is 64.2 Å². The van der Waals surface area contributed by atoms with E-state index in [1.807, 2.05) is 0 Å². The van der Waals surface area contributed by atoms with Crippen molar-refractivity contribution in [2.75, 3.05) is 11.5 Å². The molecule has 0 saturated carbocycles. The van der Waals surface area contributed by atoms with Gasteiger partial charge in [0.15, 0.2) is 6.61 Å². The molecule has 0 unspecified atom stereocenters. The van der Waals surface area contributed by atoms with Crippen LogP contribution in [0.15, 0.2) is 48.0 Å². The van der Waals surface area contributed by atoms with Crippen molar-refractivity contribution in [1.82, 2.24) is 5.32 Å². The van der Waals surface area contributed by atoms with Gasteiger partial charge in [0.05, 0.1) is 5.69 Å². The second kappa shape index (κ2) is 8.15. The maximum atomic E-state index is 13.0. The summed E-state index contributed by atoms with van der Waals surface area (Å²) in [5.41, 5.74) is 0.741. The zero-order chi connectivity index (χ0) is 21.1. The lowest BCUT2D eigenvalue weighted by atomic mass is 10.1. The van der Waals surface area contributed by atoms with Crippen LogP contribution in [0, 0.1) is 6.92 Å². The lowest BCUT2D eigenvalue weighted by Crippen LogP contribution is -2.54. The van der Waals surface area contributed by atoms with E-state index in [2.05, 4.69) is 5.32 Å². The van der Waals surface area contributed by atoms with Gasteiger partial charge in [-0.3, -0.25) is 14.9 Å². The molecule has 0 bridgehead atoms. The molecular formula is C20H15ClN2O6. The summed E-state index contributed by atoms with van der Waals surface area (Å²) in [5.74, 6) is -2.71. The molecule has 1 aliphatic rings. The van der Waals surface area contributed by atoms with Gasteiger partial charge in [-0.15, -0.1) is 0 Å². The molecule has 8 nitrogen and oxygen atoms in total. The van der Waals surface area contributed by atoms with Gasteiger partial charge in [-0.2, -0.15) is 0 Å². The van der Waals surface area contributed by atoms with Crippen molar-refractivity contribution in [3.8, 4) is 5.75 Å². The van der Waals surface area contributed by atoms with Crippen molar-refractivity contribution in [1.29, 1.82) is 0 Å². The lowest BCUT2D eigenvalue weighted by molar-refractivity contribution is -0.139. The number of nitrogens with zero attached hydrogens (tertiary/aromatic N) is 1. The molecule has 2 aromatic carbocycles. The summed E-state index contributed by atoms with van der Waals surface area (Å²) in [6.45, 7) is 1.06. The summed E-state index contributed by atoms with van der Waals surface area (Å²) < 4.78 is 5.19. The Kier molecular flexibility index (Phi) is 5.65. The van der Waals surface area contributed by atoms with Gasteiger partial charge in [0.1, 0.15) is 11.3 Å². The first-order valence-electron chi connectivity index (χ1n) is 8.39. The number of halogens is 1. The summed E-state index contributed by atoms with van der Waals surface area (Å²) >= 11 is 6.09. The van der Waals surface area contributed by atoms with Gasteiger partial charge in [-0.25, -0.2) is 14.5 Å². The summed E-state index contributed by atoms with van der Waals surface area (Å²) in [6.07, 6.45) is 1.24. The molecule has 1 heterocycles. The molecular weight excluding hydrogens is 400 g/mol. The number of para-hydroxylation sites is 1. The number of anilines is 1. The van der Waals surface area contributed by atoms with Crippen LogP contribution in [0.4, 0.5) is 10.5 Å². The predicted octanol–water partition coefficient (Wildman–Crippen LogP) is 2.78. The molecule has 1 aliphatic heterocycles. The highest BCUT2D eigenvalue weighted by molar-refractivity contribution is 6.40. The van der Waals surface area contributed by atoms with Crippen LogP contribution in [0.1, 0.15) is 11.1 Å². The monoisotopic (exact) mass is 414 g/mol. The second-order valence-electron chi connectivity index (χ2n) is 6.06. The van der Waals surface area contributed by atoms with Crippen LogP contribution in [0.5, 0.6) is 5.75 Å². The van der Waals surface area contributed by atoms with E-state index in [-0.39, 0.29) is 17.0 Å². The number of carboxylic acids is 1. The minimum absolute atomic E-state index is 0.172. The van der Waals surface area contributed by atoms with Gasteiger partial charge in [0.25, 0.3) is 11.8 Å². The average Bonchev–Trinajstić information content (AvgIpc) is 2.67. The Morgan fingerprint density at radius 3 is 2.62 bits per heavy atom. The number of amides is 4. The number of carbonyl (C=O) groups excluding carboxylic acids is 3. The number of rotatable bonds is 5. The van der Waals surface area contributed by atoms with Crippen molar-refractivity contribution < 1.29 is 29.0 Å². The third kappa shape index (κ3) is 4.12. The van der Waals surface area contributed by atoms with Crippen molar-refractivity contribution in [3.63, 3.8) is 0 Å². The Morgan fingerprint density at radius 2 is 1.90 bits per heavy atom. The maximum Gasteiger partial charge on any atom is 0.341 e. The van der Waals surface area contributed by atoms with Gasteiger partial charge < -0.3 is 9.84 Å². The molecule has 0 radical (unpaired) electrons. The Balaban J connectivity index is 2.03. The Bertz CT molecular complexity index is 1060. The summed E-state index contributed by atoms with van der Waals surface area (Å²) in [4.78, 5) is 49.2. The van der Waals surface area contributed by atoms with Gasteiger partial charge in [-0.05, 0) is 36.8 Å². The van der Waals surface area contributed by atoms with Gasteiger partial charge in [0.2, 0.25) is 0 Å². The van der Waals surface area contributed by atoms with Crippen molar-refractivity contribution >= 4 is 47.2 Å². The number of urea groups is 1. The predicted molar refractivity (Wildman–Crippen MR) is 105 cm³/mol. The van der Waals surface area contributed by atoms with Crippen LogP contribution in [-0.4, -0.2) is 35.5 Å². The molecule has 0 aromatic heterocycles. The van der Waals surface area contributed by atoms with E-state index in [1.165, 1.54) is 18.2 Å². The zero-order valence-electron chi connectivity index (χ0n) is 15.1. The summed E-state index contributed by atoms with van der Waals surface area (Å²) in [5, 5.41) is 11.3. The van der Waals surface area contributed by atoms with Gasteiger partial charge in [0, 0.05) is 10.6 Å². The number of imide groups is 2. The second-order valence-corrected chi connectivity index (χ2v) is 6.47. The van der Waals surface area contributed by atoms with Crippen LogP contribution in [0.2, 0.25) is 5.02 Å². The van der Waals surface area contributed by atoms with Crippen LogP contribution >= 0.6 is 11.6 Å². The van der Waals surface area contributed by atoms with Gasteiger partial charge >= 0.3 is 12.0 Å². The van der Waals surface area contributed by atoms with Crippen LogP contribution in [0.3, 0.4) is 0 Å². The highest BCUT2D eigenvalue weighted by atomic mass is 35.5. The summed E-state index contributed by atoms with van der Waals surface area (Å²) in [6, 6.07) is 10.2. The molecule has 0 atom stereocenters. The highest BCUT2D eigenvalue weighted by Crippen LogP contribution is 2.30. The number of hydrogen-bond donors (Lipinski definition) is 2. The standard InChI is InChI=1S/C20H15ClN2O6/c1-11-14(21)6-4-7-15(11)23-19(27)13(18(26)22-20(23)28)9-12-5-2-3-8-16(12)29-10-17(24)25/h2-9H,10H2,1H3,(H,24,25)(H,22,26,28). The number of aliphatic carboxylic acids is 1. The van der Waals surface area contributed by atoms with Crippen LogP contribution in [-0.2, 0) is 14.4 Å². The minimum Gasteiger partial charge on any atom is -0.481 e. The topological polar surface area (TPSA) is 113 Å². The van der Waals surface area contributed by atoms with Crippen molar-refractivity contribution in [2.24, 2.45) is 0 Å². The van der Waals surface area contributed by atoms with E-state index in [0.717, 1.165) is 4.90 Å². The molecule has 148 valence electrons. The molecule has 0 spiro atoms. The number of barbiturate groups is 1. The largest absolute Gasteiger partial charge is 0.481 e. The van der Waals surface area contributed by atoms with Crippen molar-refractivity contribution in [2.45, 2.75) is 6.92 Å². The first-order valence-corrected chi connectivity index (χ1v) is 8.77. The molecule has 3 rings (SSSR count). The SMILES string of the molecule is Cc1c(Cl)cccc1N1C(=O)NC(=O)C(=Cc2ccccc2OCC(=O)O)C1=O. The Labute approximate surface area is 170 Å². The normalized spacial score (nSPS) is 15.4. The molecule has 2 N–H and O–H groups in total. The molecule has 29 heavy (non-hydrogen) atoms. The quantitative estimate of drug-likeness (QED) is 0.574.